The maximum absolute atomic E-state index is 12.8. The zero-order valence-corrected chi connectivity index (χ0v) is 16.4. The second-order valence-electron chi connectivity index (χ2n) is 6.84. The minimum Gasteiger partial charge on any atom is -0.339 e. The molecule has 1 saturated heterocycles. The first-order chi connectivity index (χ1) is 12.3. The lowest BCUT2D eigenvalue weighted by Gasteiger charge is -2.32. The monoisotopic (exact) mass is 373 g/mol. The molecule has 6 nitrogen and oxygen atoms in total. The Morgan fingerprint density at radius 2 is 1.77 bits per heavy atom. The number of hydrogen-bond acceptors (Lipinski definition) is 5. The van der Waals surface area contributed by atoms with E-state index in [0.29, 0.717) is 35.4 Å². The van der Waals surface area contributed by atoms with Crippen LogP contribution in [0, 0.1) is 20.8 Å². The van der Waals surface area contributed by atoms with Crippen molar-refractivity contribution < 1.29 is 4.79 Å². The highest BCUT2D eigenvalue weighted by Crippen LogP contribution is 2.30. The van der Waals surface area contributed by atoms with Gasteiger partial charge in [-0.15, -0.1) is 0 Å². The number of nitrogens with zero attached hydrogens (tertiary/aromatic N) is 4. The zero-order valence-electron chi connectivity index (χ0n) is 15.6. The van der Waals surface area contributed by atoms with Crippen molar-refractivity contribution >= 4 is 29.0 Å². The Kier molecular flexibility index (Phi) is 5.44. The van der Waals surface area contributed by atoms with Crippen molar-refractivity contribution in [2.75, 3.05) is 38.5 Å². The van der Waals surface area contributed by atoms with Crippen LogP contribution in [0.5, 0.6) is 0 Å². The summed E-state index contributed by atoms with van der Waals surface area (Å²) >= 11 is 6.38. The standard InChI is InChI=1S/C19H24ClN5O/c1-12-9-13(2)18(15(20)10-12)23-17-11-16(21-14(3)22-17)19(26)25-7-5-24(4)6-8-25/h9-11H,5-8H2,1-4H3,(H,21,22,23). The number of aryl methyl sites for hydroxylation is 3. The first-order valence-electron chi connectivity index (χ1n) is 8.71. The minimum absolute atomic E-state index is 0.0571. The van der Waals surface area contributed by atoms with Crippen molar-refractivity contribution in [1.29, 1.82) is 0 Å². The molecule has 1 aliphatic heterocycles. The van der Waals surface area contributed by atoms with E-state index in [2.05, 4.69) is 33.3 Å². The van der Waals surface area contributed by atoms with Crippen molar-refractivity contribution in [3.05, 3.63) is 45.9 Å². The topological polar surface area (TPSA) is 61.4 Å². The molecule has 7 heteroatoms. The summed E-state index contributed by atoms with van der Waals surface area (Å²) < 4.78 is 0. The van der Waals surface area contributed by atoms with E-state index < -0.39 is 0 Å². The first-order valence-corrected chi connectivity index (χ1v) is 9.08. The van der Waals surface area contributed by atoms with Gasteiger partial charge in [-0.3, -0.25) is 4.79 Å². The molecule has 0 bridgehead atoms. The van der Waals surface area contributed by atoms with E-state index in [1.165, 1.54) is 0 Å². The quantitative estimate of drug-likeness (QED) is 0.895. The third-order valence-corrected chi connectivity index (χ3v) is 4.83. The van der Waals surface area contributed by atoms with Crippen molar-refractivity contribution in [2.45, 2.75) is 20.8 Å². The Balaban J connectivity index is 1.85. The van der Waals surface area contributed by atoms with Crippen LogP contribution in [0.25, 0.3) is 0 Å². The molecule has 0 saturated carbocycles. The van der Waals surface area contributed by atoms with Gasteiger partial charge in [0.2, 0.25) is 0 Å². The second-order valence-corrected chi connectivity index (χ2v) is 7.25. The van der Waals surface area contributed by atoms with E-state index in [1.54, 1.807) is 13.0 Å². The summed E-state index contributed by atoms with van der Waals surface area (Å²) in [6, 6.07) is 5.66. The molecule has 1 aromatic carbocycles. The SMILES string of the molecule is Cc1cc(C)c(Nc2cc(C(=O)N3CCN(C)CC3)nc(C)n2)c(Cl)c1. The van der Waals surface area contributed by atoms with Crippen LogP contribution < -0.4 is 5.32 Å². The normalized spacial score (nSPS) is 15.2. The third kappa shape index (κ3) is 4.14. The number of anilines is 2. The van der Waals surface area contributed by atoms with Crippen LogP contribution in [0.1, 0.15) is 27.4 Å². The smallest absolute Gasteiger partial charge is 0.272 e. The minimum atomic E-state index is -0.0571. The van der Waals surface area contributed by atoms with Gasteiger partial charge in [-0.2, -0.15) is 0 Å². The van der Waals surface area contributed by atoms with Crippen molar-refractivity contribution in [2.24, 2.45) is 0 Å². The summed E-state index contributed by atoms with van der Waals surface area (Å²) in [6.07, 6.45) is 0. The molecule has 1 fully saturated rings. The number of likely N-dealkylation sites (N-methyl/N-ethyl adjacent to an activating group) is 1. The molecule has 26 heavy (non-hydrogen) atoms. The first kappa shape index (κ1) is 18.6. The van der Waals surface area contributed by atoms with E-state index in [9.17, 15) is 4.79 Å². The number of aromatic nitrogens is 2. The van der Waals surface area contributed by atoms with Gasteiger partial charge in [0.05, 0.1) is 10.7 Å². The molecule has 0 radical (unpaired) electrons. The van der Waals surface area contributed by atoms with Crippen molar-refractivity contribution in [1.82, 2.24) is 19.8 Å². The molecule has 1 amide bonds. The summed E-state index contributed by atoms with van der Waals surface area (Å²) in [4.78, 5) is 25.6. The Morgan fingerprint density at radius 3 is 2.42 bits per heavy atom. The number of halogens is 1. The van der Waals surface area contributed by atoms with Crippen LogP contribution in [-0.2, 0) is 0 Å². The van der Waals surface area contributed by atoms with Gasteiger partial charge in [0.15, 0.2) is 0 Å². The Hall–Kier alpha value is -2.18. The lowest BCUT2D eigenvalue weighted by atomic mass is 10.1. The molecule has 3 rings (SSSR count). The molecule has 0 aliphatic carbocycles. The summed E-state index contributed by atoms with van der Waals surface area (Å²) in [6.45, 7) is 8.96. The van der Waals surface area contributed by atoms with Crippen molar-refractivity contribution in [3.8, 4) is 0 Å². The Morgan fingerprint density at radius 1 is 1.08 bits per heavy atom. The molecule has 138 valence electrons. The molecule has 2 aromatic rings. The summed E-state index contributed by atoms with van der Waals surface area (Å²) in [5.74, 6) is 1.07. The van der Waals surface area contributed by atoms with Crippen LogP contribution >= 0.6 is 11.6 Å². The molecule has 2 heterocycles. The summed E-state index contributed by atoms with van der Waals surface area (Å²) in [5.41, 5.74) is 3.33. The number of hydrogen-bond donors (Lipinski definition) is 1. The van der Waals surface area contributed by atoms with Crippen molar-refractivity contribution in [3.63, 3.8) is 0 Å². The molecular weight excluding hydrogens is 350 g/mol. The lowest BCUT2D eigenvalue weighted by molar-refractivity contribution is 0.0658. The predicted molar refractivity (Wildman–Crippen MR) is 104 cm³/mol. The highest BCUT2D eigenvalue weighted by Gasteiger charge is 2.22. The van der Waals surface area contributed by atoms with E-state index >= 15 is 0 Å². The van der Waals surface area contributed by atoms with Gasteiger partial charge in [0.1, 0.15) is 17.3 Å². The largest absolute Gasteiger partial charge is 0.339 e. The second kappa shape index (κ2) is 7.60. The van der Waals surface area contributed by atoms with Gasteiger partial charge in [-0.25, -0.2) is 9.97 Å². The number of piperazine rings is 1. The Bertz CT molecular complexity index is 808. The molecular formula is C19H24ClN5O. The fourth-order valence-electron chi connectivity index (χ4n) is 3.11. The van der Waals surface area contributed by atoms with Crippen LogP contribution in [0.2, 0.25) is 5.02 Å². The number of carbonyl (C=O) groups is 1. The van der Waals surface area contributed by atoms with Crippen LogP contribution in [0.3, 0.4) is 0 Å². The fraction of sp³-hybridized carbons (Fsp3) is 0.421. The van der Waals surface area contributed by atoms with E-state index in [0.717, 1.165) is 29.9 Å². The average Bonchev–Trinajstić information content (AvgIpc) is 2.57. The highest BCUT2D eigenvalue weighted by atomic mass is 35.5. The van der Waals surface area contributed by atoms with Crippen LogP contribution in [0.4, 0.5) is 11.5 Å². The highest BCUT2D eigenvalue weighted by molar-refractivity contribution is 6.33. The summed E-state index contributed by atoms with van der Waals surface area (Å²) in [7, 11) is 2.06. The van der Waals surface area contributed by atoms with E-state index in [-0.39, 0.29) is 5.91 Å². The van der Waals surface area contributed by atoms with Gasteiger partial charge in [-0.05, 0) is 45.0 Å². The molecule has 0 unspecified atom stereocenters. The predicted octanol–water partition coefficient (Wildman–Crippen LogP) is 3.19. The zero-order chi connectivity index (χ0) is 18.8. The maximum Gasteiger partial charge on any atom is 0.272 e. The van der Waals surface area contributed by atoms with E-state index in [4.69, 9.17) is 11.6 Å². The van der Waals surface area contributed by atoms with Crippen LogP contribution in [-0.4, -0.2) is 58.9 Å². The molecule has 1 aliphatic rings. The number of nitrogens with one attached hydrogen (secondary N) is 1. The molecule has 0 spiro atoms. The van der Waals surface area contributed by atoms with Crippen LogP contribution in [0.15, 0.2) is 18.2 Å². The third-order valence-electron chi connectivity index (χ3n) is 4.53. The molecule has 1 N–H and O–H groups in total. The number of rotatable bonds is 3. The average molecular weight is 374 g/mol. The molecule has 1 aromatic heterocycles. The number of amides is 1. The number of carbonyl (C=O) groups excluding carboxylic acids is 1. The van der Waals surface area contributed by atoms with Gasteiger partial charge in [0.25, 0.3) is 5.91 Å². The van der Waals surface area contributed by atoms with Gasteiger partial charge >= 0.3 is 0 Å². The van der Waals surface area contributed by atoms with Gasteiger partial charge < -0.3 is 15.1 Å². The maximum atomic E-state index is 12.8. The van der Waals surface area contributed by atoms with Gasteiger partial charge in [0, 0.05) is 32.2 Å². The Labute approximate surface area is 159 Å². The lowest BCUT2D eigenvalue weighted by Crippen LogP contribution is -2.47. The number of benzene rings is 1. The fourth-order valence-corrected chi connectivity index (χ4v) is 3.48. The molecule has 0 atom stereocenters. The van der Waals surface area contributed by atoms with Gasteiger partial charge in [-0.1, -0.05) is 17.7 Å². The summed E-state index contributed by atoms with van der Waals surface area (Å²) in [5, 5.41) is 3.88. The van der Waals surface area contributed by atoms with E-state index in [1.807, 2.05) is 24.8 Å².